The molecule has 7 nitrogen and oxygen atoms in total. The number of anilines is 2. The summed E-state index contributed by atoms with van der Waals surface area (Å²) in [6, 6.07) is 9.11. The molecule has 5 rings (SSSR count). The van der Waals surface area contributed by atoms with Crippen molar-refractivity contribution in [3.8, 4) is 0 Å². The van der Waals surface area contributed by atoms with E-state index in [9.17, 15) is 9.59 Å². The zero-order chi connectivity index (χ0) is 22.4. The van der Waals surface area contributed by atoms with Gasteiger partial charge in [0, 0.05) is 36.1 Å². The molecule has 0 radical (unpaired) electrons. The first kappa shape index (κ1) is 20.5. The second-order valence-electron chi connectivity index (χ2n) is 8.26. The summed E-state index contributed by atoms with van der Waals surface area (Å²) in [6.45, 7) is 5.09. The molecule has 1 saturated heterocycles. The number of fused-ring (bicyclic) bond motifs is 1. The highest BCUT2D eigenvalue weighted by atomic mass is 35.5. The predicted octanol–water partition coefficient (Wildman–Crippen LogP) is 4.10. The van der Waals surface area contributed by atoms with Crippen LogP contribution in [0.2, 0.25) is 5.02 Å². The molecule has 2 aromatic heterocycles. The Morgan fingerprint density at radius 1 is 1.12 bits per heavy atom. The molecule has 3 aromatic rings. The molecule has 2 aliphatic heterocycles. The van der Waals surface area contributed by atoms with Gasteiger partial charge >= 0.3 is 0 Å². The molecule has 2 aliphatic rings. The maximum atomic E-state index is 13.0. The second-order valence-corrected chi connectivity index (χ2v) is 8.69. The van der Waals surface area contributed by atoms with Crippen LogP contribution in [0.3, 0.4) is 0 Å². The van der Waals surface area contributed by atoms with Crippen LogP contribution in [0.1, 0.15) is 44.8 Å². The number of carbonyl (C=O) groups excluding carboxylic acids is 2. The standard InChI is InChI=1S/C24H22ClN5O2/c1-14-5-6-26-11-22(14)23(31)29-12-18(13-29)28-17-8-19(10-27-9-17)30-15(2)21-7-16(25)3-4-20(21)24(30)32/h3-11,15,18,28H,12-13H2,1-2H3. The number of pyridine rings is 2. The van der Waals surface area contributed by atoms with Crippen LogP contribution in [0.4, 0.5) is 11.4 Å². The zero-order valence-electron chi connectivity index (χ0n) is 17.7. The molecular weight excluding hydrogens is 426 g/mol. The fraction of sp³-hybridized carbons (Fsp3) is 0.250. The number of aryl methyl sites for hydroxylation is 1. The largest absolute Gasteiger partial charge is 0.377 e. The number of benzene rings is 1. The molecule has 0 spiro atoms. The molecule has 8 heteroatoms. The van der Waals surface area contributed by atoms with Crippen molar-refractivity contribution in [2.24, 2.45) is 0 Å². The van der Waals surface area contributed by atoms with Crippen molar-refractivity contribution in [2.45, 2.75) is 25.9 Å². The normalized spacial score (nSPS) is 17.8. The van der Waals surface area contributed by atoms with Crippen molar-refractivity contribution in [2.75, 3.05) is 23.3 Å². The van der Waals surface area contributed by atoms with Crippen LogP contribution in [0.25, 0.3) is 0 Å². The van der Waals surface area contributed by atoms with Gasteiger partial charge in [0.1, 0.15) is 0 Å². The quantitative estimate of drug-likeness (QED) is 0.651. The molecule has 32 heavy (non-hydrogen) atoms. The fourth-order valence-corrected chi connectivity index (χ4v) is 4.51. The average molecular weight is 448 g/mol. The van der Waals surface area contributed by atoms with Crippen molar-refractivity contribution >= 4 is 34.8 Å². The van der Waals surface area contributed by atoms with Gasteiger partial charge in [-0.05, 0) is 55.3 Å². The molecule has 162 valence electrons. The number of halogens is 1. The van der Waals surface area contributed by atoms with Gasteiger partial charge in [0.25, 0.3) is 11.8 Å². The van der Waals surface area contributed by atoms with Crippen LogP contribution >= 0.6 is 11.6 Å². The fourth-order valence-electron chi connectivity index (χ4n) is 4.33. The van der Waals surface area contributed by atoms with Gasteiger partial charge in [0.05, 0.1) is 41.4 Å². The number of nitrogens with zero attached hydrogens (tertiary/aromatic N) is 4. The lowest BCUT2D eigenvalue weighted by atomic mass is 10.0. The van der Waals surface area contributed by atoms with E-state index in [0.29, 0.717) is 29.2 Å². The highest BCUT2D eigenvalue weighted by Gasteiger charge is 2.36. The average Bonchev–Trinajstić information content (AvgIpc) is 3.00. The molecular formula is C24H22ClN5O2. The summed E-state index contributed by atoms with van der Waals surface area (Å²) in [5.41, 5.74) is 4.67. The van der Waals surface area contributed by atoms with Crippen LogP contribution < -0.4 is 10.2 Å². The van der Waals surface area contributed by atoms with Gasteiger partial charge in [-0.25, -0.2) is 0 Å². The topological polar surface area (TPSA) is 78.4 Å². The lowest BCUT2D eigenvalue weighted by Crippen LogP contribution is -2.57. The highest BCUT2D eigenvalue weighted by Crippen LogP contribution is 2.38. The van der Waals surface area contributed by atoms with Crippen LogP contribution in [0.15, 0.2) is 55.1 Å². The van der Waals surface area contributed by atoms with Crippen LogP contribution in [0.5, 0.6) is 0 Å². The van der Waals surface area contributed by atoms with E-state index in [1.165, 1.54) is 0 Å². The molecule has 0 aliphatic carbocycles. The Labute approximate surface area is 191 Å². The molecule has 4 heterocycles. The van der Waals surface area contributed by atoms with Gasteiger partial charge < -0.3 is 10.2 Å². The number of carbonyl (C=O) groups is 2. The third kappa shape index (κ3) is 3.48. The third-order valence-electron chi connectivity index (χ3n) is 6.11. The number of nitrogens with one attached hydrogen (secondary N) is 1. The summed E-state index contributed by atoms with van der Waals surface area (Å²) >= 11 is 6.13. The maximum absolute atomic E-state index is 13.0. The van der Waals surface area contributed by atoms with Crippen LogP contribution in [-0.2, 0) is 0 Å². The molecule has 2 amide bonds. The second kappa shape index (κ2) is 7.91. The molecule has 1 N–H and O–H groups in total. The molecule has 0 bridgehead atoms. The van der Waals surface area contributed by atoms with Crippen molar-refractivity contribution in [3.05, 3.63) is 82.4 Å². The molecule has 1 fully saturated rings. The van der Waals surface area contributed by atoms with E-state index in [0.717, 1.165) is 22.5 Å². The van der Waals surface area contributed by atoms with Gasteiger partial charge in [0.15, 0.2) is 0 Å². The Bertz CT molecular complexity index is 1220. The van der Waals surface area contributed by atoms with Gasteiger partial charge in [-0.15, -0.1) is 0 Å². The van der Waals surface area contributed by atoms with Gasteiger partial charge in [-0.1, -0.05) is 11.6 Å². The Morgan fingerprint density at radius 3 is 2.72 bits per heavy atom. The number of hydrogen-bond donors (Lipinski definition) is 1. The zero-order valence-corrected chi connectivity index (χ0v) is 18.5. The van der Waals surface area contributed by atoms with Crippen molar-refractivity contribution in [3.63, 3.8) is 0 Å². The Morgan fingerprint density at radius 2 is 1.94 bits per heavy atom. The van der Waals surface area contributed by atoms with Crippen molar-refractivity contribution in [1.82, 2.24) is 14.9 Å². The summed E-state index contributed by atoms with van der Waals surface area (Å²) in [5.74, 6) is -0.0659. The van der Waals surface area contributed by atoms with E-state index in [1.54, 1.807) is 46.7 Å². The molecule has 1 unspecified atom stereocenters. The molecule has 0 saturated carbocycles. The smallest absolute Gasteiger partial charge is 0.259 e. The minimum atomic E-state index is -0.132. The van der Waals surface area contributed by atoms with Crippen molar-refractivity contribution in [1.29, 1.82) is 0 Å². The molecule has 1 aromatic carbocycles. The lowest BCUT2D eigenvalue weighted by molar-refractivity contribution is 0.0624. The van der Waals surface area contributed by atoms with Crippen LogP contribution in [0, 0.1) is 6.92 Å². The van der Waals surface area contributed by atoms with Gasteiger partial charge in [-0.3, -0.25) is 24.5 Å². The van der Waals surface area contributed by atoms with Crippen molar-refractivity contribution < 1.29 is 9.59 Å². The van der Waals surface area contributed by atoms with Gasteiger partial charge in [-0.2, -0.15) is 0 Å². The Balaban J connectivity index is 1.27. The number of rotatable bonds is 4. The summed E-state index contributed by atoms with van der Waals surface area (Å²) in [6.07, 6.45) is 6.72. The molecule has 1 atom stereocenters. The number of aromatic nitrogens is 2. The monoisotopic (exact) mass is 447 g/mol. The summed E-state index contributed by atoms with van der Waals surface area (Å²) in [4.78, 5) is 37.6. The SMILES string of the molecule is Cc1ccncc1C(=O)N1CC(Nc2cncc(N3C(=O)c4ccc(Cl)cc4C3C)c2)C1. The predicted molar refractivity (Wildman–Crippen MR) is 123 cm³/mol. The van der Waals surface area contributed by atoms with Gasteiger partial charge in [0.2, 0.25) is 0 Å². The number of hydrogen-bond acceptors (Lipinski definition) is 5. The number of amides is 2. The minimum absolute atomic E-state index is 0.00607. The van der Waals surface area contributed by atoms with E-state index in [-0.39, 0.29) is 23.9 Å². The lowest BCUT2D eigenvalue weighted by Gasteiger charge is -2.40. The minimum Gasteiger partial charge on any atom is -0.377 e. The summed E-state index contributed by atoms with van der Waals surface area (Å²) in [7, 11) is 0. The van der Waals surface area contributed by atoms with E-state index in [4.69, 9.17) is 11.6 Å². The Kier molecular flexibility index (Phi) is 5.06. The summed E-state index contributed by atoms with van der Waals surface area (Å²) < 4.78 is 0. The highest BCUT2D eigenvalue weighted by molar-refractivity contribution is 6.31. The van der Waals surface area contributed by atoms with Crippen LogP contribution in [-0.4, -0.2) is 45.8 Å². The first-order valence-corrected chi connectivity index (χ1v) is 10.8. The van der Waals surface area contributed by atoms with E-state index in [1.807, 2.05) is 32.0 Å². The first-order valence-electron chi connectivity index (χ1n) is 10.5. The Hall–Kier alpha value is -3.45. The maximum Gasteiger partial charge on any atom is 0.259 e. The van der Waals surface area contributed by atoms with E-state index >= 15 is 0 Å². The number of likely N-dealkylation sites (tertiary alicyclic amines) is 1. The van der Waals surface area contributed by atoms with E-state index in [2.05, 4.69) is 15.3 Å². The van der Waals surface area contributed by atoms with E-state index < -0.39 is 0 Å². The first-order chi connectivity index (χ1) is 15.4. The summed E-state index contributed by atoms with van der Waals surface area (Å²) in [5, 5.41) is 4.04. The third-order valence-corrected chi connectivity index (χ3v) is 6.35.